The molecular weight excluding hydrogens is 266 g/mol. The molecule has 120 valence electrons. The molecule has 2 rings (SSSR count). The second kappa shape index (κ2) is 8.49. The predicted octanol–water partition coefficient (Wildman–Crippen LogP) is 3.57. The van der Waals surface area contributed by atoms with E-state index in [2.05, 4.69) is 17.1 Å². The van der Waals surface area contributed by atoms with E-state index in [0.29, 0.717) is 11.8 Å². The van der Waals surface area contributed by atoms with Crippen LogP contribution in [0.4, 0.5) is 0 Å². The van der Waals surface area contributed by atoms with Crippen LogP contribution in [0.5, 0.6) is 0 Å². The van der Waals surface area contributed by atoms with Crippen molar-refractivity contribution < 1.29 is 9.26 Å². The molecule has 0 bridgehead atoms. The molecule has 2 N–H and O–H groups in total. The zero-order valence-corrected chi connectivity index (χ0v) is 13.4. The smallest absolute Gasteiger partial charge is 0.243 e. The van der Waals surface area contributed by atoms with Crippen LogP contribution in [0.3, 0.4) is 0 Å². The minimum atomic E-state index is -0.169. The van der Waals surface area contributed by atoms with Crippen molar-refractivity contribution in [3.63, 3.8) is 0 Å². The lowest BCUT2D eigenvalue weighted by atomic mass is 9.80. The van der Waals surface area contributed by atoms with Crippen LogP contribution in [0, 0.1) is 5.92 Å². The van der Waals surface area contributed by atoms with Crippen molar-refractivity contribution in [2.45, 2.75) is 70.3 Å². The molecule has 5 heteroatoms. The van der Waals surface area contributed by atoms with Crippen LogP contribution in [0.25, 0.3) is 0 Å². The van der Waals surface area contributed by atoms with Crippen LogP contribution in [-0.4, -0.2) is 23.9 Å². The number of ether oxygens (including phenoxy) is 1. The van der Waals surface area contributed by atoms with Gasteiger partial charge in [0.05, 0.1) is 6.04 Å². The van der Waals surface area contributed by atoms with Crippen LogP contribution in [0.1, 0.15) is 82.0 Å². The maximum Gasteiger partial charge on any atom is 0.243 e. The van der Waals surface area contributed by atoms with E-state index in [9.17, 15) is 0 Å². The molecule has 0 amide bonds. The van der Waals surface area contributed by atoms with E-state index in [1.54, 1.807) is 7.11 Å². The Balaban J connectivity index is 1.82. The predicted molar refractivity (Wildman–Crippen MR) is 81.9 cm³/mol. The SMILES string of the molecule is CCCC1CCC(c2noc(C(N)CCCOC)n2)CC1. The summed E-state index contributed by atoms with van der Waals surface area (Å²) < 4.78 is 10.4. The first-order chi connectivity index (χ1) is 10.2. The molecule has 1 aromatic heterocycles. The summed E-state index contributed by atoms with van der Waals surface area (Å²) in [6.07, 6.45) is 9.33. The second-order valence-corrected chi connectivity index (χ2v) is 6.24. The maximum absolute atomic E-state index is 6.09. The first-order valence-corrected chi connectivity index (χ1v) is 8.32. The van der Waals surface area contributed by atoms with E-state index < -0.39 is 0 Å². The Bertz CT molecular complexity index is 400. The zero-order valence-electron chi connectivity index (χ0n) is 13.4. The monoisotopic (exact) mass is 295 g/mol. The van der Waals surface area contributed by atoms with Crippen LogP contribution in [-0.2, 0) is 4.74 Å². The summed E-state index contributed by atoms with van der Waals surface area (Å²) >= 11 is 0. The fraction of sp³-hybridized carbons (Fsp3) is 0.875. The first-order valence-electron chi connectivity index (χ1n) is 8.32. The van der Waals surface area contributed by atoms with Gasteiger partial charge >= 0.3 is 0 Å². The van der Waals surface area contributed by atoms with E-state index in [0.717, 1.165) is 31.2 Å². The Morgan fingerprint density at radius 2 is 2.10 bits per heavy atom. The molecule has 1 atom stereocenters. The molecule has 1 fully saturated rings. The lowest BCUT2D eigenvalue weighted by Gasteiger charge is -2.26. The third kappa shape index (κ3) is 4.78. The van der Waals surface area contributed by atoms with Crippen molar-refractivity contribution in [1.29, 1.82) is 0 Å². The zero-order chi connectivity index (χ0) is 15.1. The molecule has 21 heavy (non-hydrogen) atoms. The molecule has 1 aliphatic rings. The largest absolute Gasteiger partial charge is 0.385 e. The molecule has 1 saturated carbocycles. The van der Waals surface area contributed by atoms with Gasteiger partial charge in [-0.2, -0.15) is 4.98 Å². The first kappa shape index (κ1) is 16.4. The maximum atomic E-state index is 6.09. The Morgan fingerprint density at radius 3 is 2.76 bits per heavy atom. The highest BCUT2D eigenvalue weighted by Gasteiger charge is 2.26. The van der Waals surface area contributed by atoms with Gasteiger partial charge in [-0.05, 0) is 44.4 Å². The molecule has 1 unspecified atom stereocenters. The van der Waals surface area contributed by atoms with Gasteiger partial charge in [0.2, 0.25) is 5.89 Å². The van der Waals surface area contributed by atoms with E-state index >= 15 is 0 Å². The number of hydrogen-bond donors (Lipinski definition) is 1. The van der Waals surface area contributed by atoms with Crippen molar-refractivity contribution in [2.75, 3.05) is 13.7 Å². The fourth-order valence-corrected chi connectivity index (χ4v) is 3.25. The highest BCUT2D eigenvalue weighted by atomic mass is 16.5. The highest BCUT2D eigenvalue weighted by Crippen LogP contribution is 2.36. The molecule has 5 nitrogen and oxygen atoms in total. The molecular formula is C16H29N3O2. The van der Waals surface area contributed by atoms with Gasteiger partial charge in [0.25, 0.3) is 0 Å². The Morgan fingerprint density at radius 1 is 1.33 bits per heavy atom. The van der Waals surface area contributed by atoms with Crippen LogP contribution < -0.4 is 5.73 Å². The quantitative estimate of drug-likeness (QED) is 0.742. The number of nitrogens with zero attached hydrogens (tertiary/aromatic N) is 2. The van der Waals surface area contributed by atoms with Crippen LogP contribution in [0.2, 0.25) is 0 Å². The standard InChI is InChI=1S/C16H29N3O2/c1-3-5-12-7-9-13(10-8-12)15-18-16(21-19-15)14(17)6-4-11-20-2/h12-14H,3-11,17H2,1-2H3. The van der Waals surface area contributed by atoms with Crippen molar-refractivity contribution in [3.05, 3.63) is 11.7 Å². The number of rotatable bonds is 8. The lowest BCUT2D eigenvalue weighted by Crippen LogP contribution is -2.15. The number of methoxy groups -OCH3 is 1. The number of hydrogen-bond acceptors (Lipinski definition) is 5. The molecule has 0 saturated heterocycles. The minimum absolute atomic E-state index is 0.169. The highest BCUT2D eigenvalue weighted by molar-refractivity contribution is 4.99. The Labute approximate surface area is 127 Å². The van der Waals surface area contributed by atoms with Gasteiger partial charge in [0.1, 0.15) is 0 Å². The molecule has 1 aromatic rings. The van der Waals surface area contributed by atoms with Crippen molar-refractivity contribution in [2.24, 2.45) is 11.7 Å². The van der Waals surface area contributed by atoms with Crippen molar-refractivity contribution in [3.8, 4) is 0 Å². The summed E-state index contributed by atoms with van der Waals surface area (Å²) in [6.45, 7) is 2.98. The molecule has 0 radical (unpaired) electrons. The van der Waals surface area contributed by atoms with Crippen LogP contribution in [0.15, 0.2) is 4.52 Å². The summed E-state index contributed by atoms with van der Waals surface area (Å²) in [6, 6.07) is -0.169. The second-order valence-electron chi connectivity index (χ2n) is 6.24. The van der Waals surface area contributed by atoms with Gasteiger partial charge in [-0.3, -0.25) is 0 Å². The average Bonchev–Trinajstić information content (AvgIpc) is 2.98. The van der Waals surface area contributed by atoms with E-state index in [1.165, 1.54) is 38.5 Å². The van der Waals surface area contributed by atoms with Gasteiger partial charge < -0.3 is 15.0 Å². The summed E-state index contributed by atoms with van der Waals surface area (Å²) in [7, 11) is 1.70. The molecule has 0 aliphatic heterocycles. The summed E-state index contributed by atoms with van der Waals surface area (Å²) in [4.78, 5) is 4.54. The summed E-state index contributed by atoms with van der Waals surface area (Å²) in [5, 5.41) is 4.16. The van der Waals surface area contributed by atoms with Gasteiger partial charge in [-0.25, -0.2) is 0 Å². The normalized spacial score (nSPS) is 24.1. The van der Waals surface area contributed by atoms with Gasteiger partial charge in [-0.15, -0.1) is 0 Å². The lowest BCUT2D eigenvalue weighted by molar-refractivity contribution is 0.188. The number of nitrogens with two attached hydrogens (primary N) is 1. The fourth-order valence-electron chi connectivity index (χ4n) is 3.25. The summed E-state index contributed by atoms with van der Waals surface area (Å²) in [5.74, 6) is 2.80. The van der Waals surface area contributed by atoms with E-state index in [-0.39, 0.29) is 6.04 Å². The molecule has 0 spiro atoms. The third-order valence-electron chi connectivity index (χ3n) is 4.55. The third-order valence-corrected chi connectivity index (χ3v) is 4.55. The van der Waals surface area contributed by atoms with E-state index in [4.69, 9.17) is 15.0 Å². The molecule has 0 aromatic carbocycles. The molecule has 1 aliphatic carbocycles. The van der Waals surface area contributed by atoms with Gasteiger partial charge in [-0.1, -0.05) is 24.9 Å². The van der Waals surface area contributed by atoms with E-state index in [1.807, 2.05) is 0 Å². The van der Waals surface area contributed by atoms with Crippen molar-refractivity contribution >= 4 is 0 Å². The minimum Gasteiger partial charge on any atom is -0.385 e. The number of aromatic nitrogens is 2. The average molecular weight is 295 g/mol. The van der Waals surface area contributed by atoms with Crippen LogP contribution >= 0.6 is 0 Å². The Kier molecular flexibility index (Phi) is 6.64. The summed E-state index contributed by atoms with van der Waals surface area (Å²) in [5.41, 5.74) is 6.09. The topological polar surface area (TPSA) is 74.2 Å². The Hall–Kier alpha value is -0.940. The van der Waals surface area contributed by atoms with Gasteiger partial charge in [0, 0.05) is 19.6 Å². The van der Waals surface area contributed by atoms with Gasteiger partial charge in [0.15, 0.2) is 5.82 Å². The van der Waals surface area contributed by atoms with Crippen molar-refractivity contribution in [1.82, 2.24) is 10.1 Å². The molecule has 1 heterocycles.